The van der Waals surface area contributed by atoms with Crippen LogP contribution in [0.3, 0.4) is 0 Å². The van der Waals surface area contributed by atoms with Crippen LogP contribution >= 0.6 is 15.9 Å². The van der Waals surface area contributed by atoms with E-state index in [-0.39, 0.29) is 5.57 Å². The van der Waals surface area contributed by atoms with Crippen LogP contribution in [-0.2, 0) is 9.53 Å². The van der Waals surface area contributed by atoms with Crippen molar-refractivity contribution in [2.75, 3.05) is 21.3 Å². The fraction of sp³-hybridized carbons (Fsp3) is 0.231. The number of methoxy groups -OCH3 is 3. The van der Waals surface area contributed by atoms with Crippen molar-refractivity contribution >= 4 is 28.0 Å². The highest BCUT2D eigenvalue weighted by atomic mass is 79.9. The number of nitriles is 1. The summed E-state index contributed by atoms with van der Waals surface area (Å²) in [6, 6.07) is 5.18. The molecule has 1 aromatic rings. The molecule has 0 heterocycles. The van der Waals surface area contributed by atoms with Crippen LogP contribution in [-0.4, -0.2) is 27.3 Å². The van der Waals surface area contributed by atoms with Crippen LogP contribution in [0.1, 0.15) is 5.56 Å². The van der Waals surface area contributed by atoms with Gasteiger partial charge in [-0.3, -0.25) is 0 Å². The average molecular weight is 326 g/mol. The second-order valence-electron chi connectivity index (χ2n) is 3.36. The lowest BCUT2D eigenvalue weighted by molar-refractivity contribution is -0.135. The third-order valence-corrected chi connectivity index (χ3v) is 3.18. The Morgan fingerprint density at radius 1 is 1.26 bits per heavy atom. The third-order valence-electron chi connectivity index (χ3n) is 2.36. The molecule has 0 atom stereocenters. The van der Waals surface area contributed by atoms with E-state index < -0.39 is 5.97 Å². The van der Waals surface area contributed by atoms with Gasteiger partial charge in [-0.15, -0.1) is 0 Å². The molecule has 0 N–H and O–H groups in total. The maximum atomic E-state index is 11.4. The molecule has 0 unspecified atom stereocenters. The minimum atomic E-state index is -0.709. The first kappa shape index (κ1) is 15.1. The zero-order valence-corrected chi connectivity index (χ0v) is 12.3. The summed E-state index contributed by atoms with van der Waals surface area (Å²) in [6.45, 7) is 0. The molecule has 0 aliphatic heterocycles. The van der Waals surface area contributed by atoms with Crippen molar-refractivity contribution in [1.82, 2.24) is 0 Å². The summed E-state index contributed by atoms with van der Waals surface area (Å²) in [7, 11) is 4.23. The van der Waals surface area contributed by atoms with E-state index in [0.717, 1.165) is 0 Å². The fourth-order valence-corrected chi connectivity index (χ4v) is 2.02. The Hall–Kier alpha value is -2.00. The normalized spacial score (nSPS) is 10.6. The lowest BCUT2D eigenvalue weighted by Gasteiger charge is -2.11. The second kappa shape index (κ2) is 6.81. The SMILES string of the molecule is COC(=O)/C(C#N)=C\c1c(OC)ccc(OC)c1Br. The zero-order valence-electron chi connectivity index (χ0n) is 10.7. The number of carbonyl (C=O) groups is 1. The monoisotopic (exact) mass is 325 g/mol. The average Bonchev–Trinajstić information content (AvgIpc) is 2.44. The van der Waals surface area contributed by atoms with Crippen molar-refractivity contribution in [3.05, 3.63) is 27.7 Å². The lowest BCUT2D eigenvalue weighted by Crippen LogP contribution is -2.03. The van der Waals surface area contributed by atoms with Gasteiger partial charge in [-0.2, -0.15) is 5.26 Å². The van der Waals surface area contributed by atoms with E-state index in [1.165, 1.54) is 27.4 Å². The Kier molecular flexibility index (Phi) is 5.39. The molecule has 100 valence electrons. The van der Waals surface area contributed by atoms with Crippen molar-refractivity contribution in [3.63, 3.8) is 0 Å². The number of hydrogen-bond donors (Lipinski definition) is 0. The fourth-order valence-electron chi connectivity index (χ4n) is 1.42. The van der Waals surface area contributed by atoms with E-state index in [9.17, 15) is 4.79 Å². The Balaban J connectivity index is 3.44. The highest BCUT2D eigenvalue weighted by molar-refractivity contribution is 9.10. The zero-order chi connectivity index (χ0) is 14.4. The summed E-state index contributed by atoms with van der Waals surface area (Å²) in [5.74, 6) is 0.359. The molecule has 5 nitrogen and oxygen atoms in total. The van der Waals surface area contributed by atoms with Crippen molar-refractivity contribution in [2.24, 2.45) is 0 Å². The highest BCUT2D eigenvalue weighted by Crippen LogP contribution is 2.36. The number of halogens is 1. The minimum Gasteiger partial charge on any atom is -0.496 e. The molecule has 0 saturated carbocycles. The number of ether oxygens (including phenoxy) is 3. The van der Waals surface area contributed by atoms with E-state index in [4.69, 9.17) is 14.7 Å². The molecule has 0 fully saturated rings. The number of nitrogens with zero attached hydrogens (tertiary/aromatic N) is 1. The molecule has 0 aliphatic rings. The van der Waals surface area contributed by atoms with Gasteiger partial charge in [0, 0.05) is 5.56 Å². The van der Waals surface area contributed by atoms with Crippen LogP contribution in [0, 0.1) is 11.3 Å². The molecule has 6 heteroatoms. The number of esters is 1. The summed E-state index contributed by atoms with van der Waals surface area (Å²) in [5, 5.41) is 8.96. The maximum absolute atomic E-state index is 11.4. The van der Waals surface area contributed by atoms with Crippen molar-refractivity contribution in [1.29, 1.82) is 5.26 Å². The summed E-state index contributed by atoms with van der Waals surface area (Å²) in [5.41, 5.74) is 0.401. The van der Waals surface area contributed by atoms with Gasteiger partial charge in [-0.05, 0) is 34.1 Å². The highest BCUT2D eigenvalue weighted by Gasteiger charge is 2.15. The van der Waals surface area contributed by atoms with E-state index in [1.807, 2.05) is 0 Å². The maximum Gasteiger partial charge on any atom is 0.348 e. The first-order valence-corrected chi connectivity index (χ1v) is 5.98. The van der Waals surface area contributed by atoms with Crippen molar-refractivity contribution < 1.29 is 19.0 Å². The van der Waals surface area contributed by atoms with E-state index in [0.29, 0.717) is 21.5 Å². The third kappa shape index (κ3) is 3.26. The molecule has 0 spiro atoms. The largest absolute Gasteiger partial charge is 0.496 e. The molecular weight excluding hydrogens is 314 g/mol. The number of carbonyl (C=O) groups excluding carboxylic acids is 1. The standard InChI is InChI=1S/C13H12BrNO4/c1-17-10-4-5-11(18-2)12(14)9(10)6-8(7-15)13(16)19-3/h4-6H,1-3H3/b8-6-. The Morgan fingerprint density at radius 2 is 1.84 bits per heavy atom. The minimum absolute atomic E-state index is 0.130. The van der Waals surface area contributed by atoms with Gasteiger partial charge in [0.2, 0.25) is 0 Å². The number of benzene rings is 1. The molecule has 0 bridgehead atoms. The van der Waals surface area contributed by atoms with Gasteiger partial charge in [-0.25, -0.2) is 4.79 Å². The van der Waals surface area contributed by atoms with Gasteiger partial charge in [0.25, 0.3) is 0 Å². The molecule has 0 radical (unpaired) electrons. The van der Waals surface area contributed by atoms with Crippen LogP contribution in [0.4, 0.5) is 0 Å². The summed E-state index contributed by atoms with van der Waals surface area (Å²) in [4.78, 5) is 11.4. The van der Waals surface area contributed by atoms with E-state index in [2.05, 4.69) is 20.7 Å². The Bertz CT molecular complexity index is 560. The Labute approximate surface area is 119 Å². The van der Waals surface area contributed by atoms with Gasteiger partial charge < -0.3 is 14.2 Å². The summed E-state index contributed by atoms with van der Waals surface area (Å²) in [6.07, 6.45) is 1.39. The quantitative estimate of drug-likeness (QED) is 0.483. The molecule has 0 amide bonds. The van der Waals surface area contributed by atoms with Crippen molar-refractivity contribution in [2.45, 2.75) is 0 Å². The van der Waals surface area contributed by atoms with Gasteiger partial charge >= 0.3 is 5.97 Å². The van der Waals surface area contributed by atoms with Crippen LogP contribution in [0.2, 0.25) is 0 Å². The van der Waals surface area contributed by atoms with Crippen LogP contribution in [0.5, 0.6) is 11.5 Å². The molecular formula is C13H12BrNO4. The van der Waals surface area contributed by atoms with Gasteiger partial charge in [0.1, 0.15) is 23.1 Å². The molecule has 19 heavy (non-hydrogen) atoms. The first-order valence-electron chi connectivity index (χ1n) is 5.19. The first-order chi connectivity index (χ1) is 9.08. The van der Waals surface area contributed by atoms with Crippen LogP contribution < -0.4 is 9.47 Å². The lowest BCUT2D eigenvalue weighted by atomic mass is 10.1. The topological polar surface area (TPSA) is 68.6 Å². The van der Waals surface area contributed by atoms with Crippen LogP contribution in [0.15, 0.2) is 22.2 Å². The molecule has 0 aliphatic carbocycles. The number of rotatable bonds is 4. The van der Waals surface area contributed by atoms with Gasteiger partial charge in [0.05, 0.1) is 25.8 Å². The summed E-state index contributed by atoms with van der Waals surface area (Å²) >= 11 is 3.35. The molecule has 0 saturated heterocycles. The molecule has 1 aromatic carbocycles. The predicted octanol–water partition coefficient (Wildman–Crippen LogP) is 2.55. The van der Waals surface area contributed by atoms with Crippen LogP contribution in [0.25, 0.3) is 6.08 Å². The smallest absolute Gasteiger partial charge is 0.348 e. The molecule has 0 aromatic heterocycles. The van der Waals surface area contributed by atoms with E-state index in [1.54, 1.807) is 18.2 Å². The van der Waals surface area contributed by atoms with Gasteiger partial charge in [-0.1, -0.05) is 0 Å². The number of hydrogen-bond acceptors (Lipinski definition) is 5. The van der Waals surface area contributed by atoms with E-state index >= 15 is 0 Å². The second-order valence-corrected chi connectivity index (χ2v) is 4.15. The predicted molar refractivity (Wildman–Crippen MR) is 72.9 cm³/mol. The van der Waals surface area contributed by atoms with Crippen molar-refractivity contribution in [3.8, 4) is 17.6 Å². The summed E-state index contributed by atoms with van der Waals surface area (Å²) < 4.78 is 15.5. The Morgan fingerprint density at radius 3 is 2.32 bits per heavy atom. The van der Waals surface area contributed by atoms with Gasteiger partial charge in [0.15, 0.2) is 0 Å². The molecule has 1 rings (SSSR count).